The summed E-state index contributed by atoms with van der Waals surface area (Å²) in [7, 11) is 0. The average Bonchev–Trinajstić information content (AvgIpc) is 2.80. The predicted molar refractivity (Wildman–Crippen MR) is 69.8 cm³/mol. The van der Waals surface area contributed by atoms with Gasteiger partial charge in [-0.1, -0.05) is 6.07 Å². The lowest BCUT2D eigenvalue weighted by Crippen LogP contribution is -2.15. The van der Waals surface area contributed by atoms with Gasteiger partial charge in [-0.15, -0.1) is 0 Å². The van der Waals surface area contributed by atoms with Crippen LogP contribution in [0.3, 0.4) is 0 Å². The molecule has 0 aliphatic carbocycles. The number of aromatic nitrogens is 3. The molecule has 6 nitrogen and oxygen atoms in total. The third-order valence-electron chi connectivity index (χ3n) is 3.04. The molecule has 0 fully saturated rings. The maximum atomic E-state index is 11.1. The molecular weight excluding hydrogens is 244 g/mol. The van der Waals surface area contributed by atoms with Crippen LogP contribution in [0.1, 0.15) is 17.2 Å². The van der Waals surface area contributed by atoms with E-state index in [1.54, 1.807) is 12.3 Å². The van der Waals surface area contributed by atoms with Gasteiger partial charge >= 0.3 is 5.76 Å². The summed E-state index contributed by atoms with van der Waals surface area (Å²) in [6, 6.07) is 7.34. The molecule has 96 valence electrons. The molecular formula is C13H12N4O2. The minimum Gasteiger partial charge on any atom is -0.408 e. The van der Waals surface area contributed by atoms with Crippen LogP contribution >= 0.6 is 0 Å². The Bertz CT molecular complexity index is 748. The highest BCUT2D eigenvalue weighted by Crippen LogP contribution is 2.24. The molecule has 2 aromatic heterocycles. The zero-order valence-electron chi connectivity index (χ0n) is 10.0. The summed E-state index contributed by atoms with van der Waals surface area (Å²) in [5.74, 6) is -0.496. The van der Waals surface area contributed by atoms with Crippen molar-refractivity contribution in [2.24, 2.45) is 5.73 Å². The highest BCUT2D eigenvalue weighted by Gasteiger charge is 2.15. The summed E-state index contributed by atoms with van der Waals surface area (Å²) in [6.45, 7) is 0.421. The second kappa shape index (κ2) is 4.66. The Morgan fingerprint density at radius 2 is 2.26 bits per heavy atom. The van der Waals surface area contributed by atoms with Crippen LogP contribution in [0, 0.1) is 0 Å². The van der Waals surface area contributed by atoms with Crippen LogP contribution < -0.4 is 11.5 Å². The van der Waals surface area contributed by atoms with E-state index in [0.717, 1.165) is 11.3 Å². The molecule has 0 spiro atoms. The van der Waals surface area contributed by atoms with Gasteiger partial charge in [-0.05, 0) is 23.8 Å². The maximum Gasteiger partial charge on any atom is 0.417 e. The van der Waals surface area contributed by atoms with Crippen molar-refractivity contribution in [3.63, 3.8) is 0 Å². The molecule has 3 aromatic rings. The summed E-state index contributed by atoms with van der Waals surface area (Å²) in [5, 5.41) is 0. The van der Waals surface area contributed by atoms with Crippen molar-refractivity contribution in [1.29, 1.82) is 0 Å². The van der Waals surface area contributed by atoms with Crippen LogP contribution in [0.5, 0.6) is 0 Å². The predicted octanol–water partition coefficient (Wildman–Crippen LogP) is 1.00. The molecule has 0 bridgehead atoms. The minimum atomic E-state index is -0.460. The van der Waals surface area contributed by atoms with Gasteiger partial charge in [0.05, 0.1) is 11.2 Å². The highest BCUT2D eigenvalue weighted by molar-refractivity contribution is 5.73. The van der Waals surface area contributed by atoms with E-state index in [4.69, 9.17) is 10.2 Å². The molecule has 3 rings (SSSR count). The number of nitrogens with one attached hydrogen (secondary N) is 1. The molecule has 6 heteroatoms. The Balaban J connectivity index is 2.08. The Kier molecular flexibility index (Phi) is 2.85. The molecule has 1 unspecified atom stereocenters. The molecule has 0 aliphatic heterocycles. The molecule has 1 atom stereocenters. The van der Waals surface area contributed by atoms with Crippen molar-refractivity contribution in [1.82, 2.24) is 15.0 Å². The summed E-state index contributed by atoms with van der Waals surface area (Å²) in [4.78, 5) is 21.9. The highest BCUT2D eigenvalue weighted by atomic mass is 16.4. The Labute approximate surface area is 108 Å². The molecule has 0 aliphatic rings. The number of oxazole rings is 1. The van der Waals surface area contributed by atoms with Gasteiger partial charge in [0.2, 0.25) is 0 Å². The smallest absolute Gasteiger partial charge is 0.408 e. The summed E-state index contributed by atoms with van der Waals surface area (Å²) in [6.07, 6.45) is 3.18. The van der Waals surface area contributed by atoms with Gasteiger partial charge in [-0.3, -0.25) is 4.98 Å². The standard InChI is InChI=1S/C13H12N4O2/c14-6-9(10-3-4-15-7-16-10)8-1-2-12-11(5-8)17-13(18)19-12/h1-5,7,9H,6,14H2,(H,17,18). The van der Waals surface area contributed by atoms with Gasteiger partial charge < -0.3 is 10.2 Å². The molecule has 3 N–H and O–H groups in total. The van der Waals surface area contributed by atoms with Gasteiger partial charge in [0, 0.05) is 18.7 Å². The fourth-order valence-corrected chi connectivity index (χ4v) is 2.12. The number of aromatic amines is 1. The first-order valence-electron chi connectivity index (χ1n) is 5.86. The third-order valence-corrected chi connectivity index (χ3v) is 3.04. The second-order valence-electron chi connectivity index (χ2n) is 4.19. The van der Waals surface area contributed by atoms with Crippen LogP contribution in [0.4, 0.5) is 0 Å². The molecule has 2 heterocycles. The zero-order valence-corrected chi connectivity index (χ0v) is 10.0. The number of hydrogen-bond acceptors (Lipinski definition) is 5. The van der Waals surface area contributed by atoms with Crippen LogP contribution in [0.15, 0.2) is 46.0 Å². The number of H-pyrrole nitrogens is 1. The SMILES string of the molecule is NCC(c1ccc2oc(=O)[nH]c2c1)c1ccncn1. The van der Waals surface area contributed by atoms with Crippen LogP contribution in [0.25, 0.3) is 11.1 Å². The van der Waals surface area contributed by atoms with Crippen molar-refractivity contribution in [2.45, 2.75) is 5.92 Å². The molecule has 0 radical (unpaired) electrons. The summed E-state index contributed by atoms with van der Waals surface area (Å²) >= 11 is 0. The number of fused-ring (bicyclic) bond motifs is 1. The van der Waals surface area contributed by atoms with Crippen molar-refractivity contribution in [2.75, 3.05) is 6.54 Å². The number of nitrogens with two attached hydrogens (primary N) is 1. The monoisotopic (exact) mass is 256 g/mol. The van der Waals surface area contributed by atoms with Gasteiger partial charge in [0.15, 0.2) is 5.58 Å². The van der Waals surface area contributed by atoms with Crippen molar-refractivity contribution in [3.8, 4) is 0 Å². The van der Waals surface area contributed by atoms with Crippen molar-refractivity contribution in [3.05, 3.63) is 58.6 Å². The van der Waals surface area contributed by atoms with E-state index < -0.39 is 5.76 Å². The van der Waals surface area contributed by atoms with E-state index in [2.05, 4.69) is 15.0 Å². The molecule has 0 saturated heterocycles. The molecule has 0 saturated carbocycles. The van der Waals surface area contributed by atoms with E-state index in [-0.39, 0.29) is 5.92 Å². The zero-order chi connectivity index (χ0) is 13.2. The first-order chi connectivity index (χ1) is 9.28. The van der Waals surface area contributed by atoms with E-state index in [1.165, 1.54) is 6.33 Å². The molecule has 0 amide bonds. The number of benzene rings is 1. The maximum absolute atomic E-state index is 11.1. The quantitative estimate of drug-likeness (QED) is 0.728. The van der Waals surface area contributed by atoms with Crippen LogP contribution in [-0.2, 0) is 0 Å². The fraction of sp³-hybridized carbons (Fsp3) is 0.154. The van der Waals surface area contributed by atoms with E-state index in [0.29, 0.717) is 17.6 Å². The number of nitrogens with zero attached hydrogens (tertiary/aromatic N) is 2. The van der Waals surface area contributed by atoms with Crippen LogP contribution in [-0.4, -0.2) is 21.5 Å². The fourth-order valence-electron chi connectivity index (χ4n) is 2.12. The largest absolute Gasteiger partial charge is 0.417 e. The van der Waals surface area contributed by atoms with Crippen molar-refractivity contribution < 1.29 is 4.42 Å². The van der Waals surface area contributed by atoms with Gasteiger partial charge in [0.25, 0.3) is 0 Å². The molecule has 19 heavy (non-hydrogen) atoms. The summed E-state index contributed by atoms with van der Waals surface area (Å²) in [5.41, 5.74) is 8.85. The van der Waals surface area contributed by atoms with Gasteiger partial charge in [-0.2, -0.15) is 0 Å². The third kappa shape index (κ3) is 2.13. The lowest BCUT2D eigenvalue weighted by molar-refractivity contribution is 0.555. The minimum absolute atomic E-state index is 0.0363. The normalized spacial score (nSPS) is 12.7. The Hall–Kier alpha value is -2.47. The van der Waals surface area contributed by atoms with Crippen LogP contribution in [0.2, 0.25) is 0 Å². The lowest BCUT2D eigenvalue weighted by atomic mass is 9.95. The van der Waals surface area contributed by atoms with E-state index in [9.17, 15) is 4.79 Å². The Morgan fingerprint density at radius 3 is 3.00 bits per heavy atom. The first kappa shape index (κ1) is 11.6. The van der Waals surface area contributed by atoms with Crippen molar-refractivity contribution >= 4 is 11.1 Å². The molecule has 1 aromatic carbocycles. The van der Waals surface area contributed by atoms with E-state index >= 15 is 0 Å². The topological polar surface area (TPSA) is 97.8 Å². The lowest BCUT2D eigenvalue weighted by Gasteiger charge is -2.14. The second-order valence-corrected chi connectivity index (χ2v) is 4.19. The van der Waals surface area contributed by atoms with E-state index in [1.807, 2.05) is 18.2 Å². The Morgan fingerprint density at radius 1 is 1.37 bits per heavy atom. The first-order valence-corrected chi connectivity index (χ1v) is 5.86. The van der Waals surface area contributed by atoms with Gasteiger partial charge in [-0.25, -0.2) is 14.8 Å². The summed E-state index contributed by atoms with van der Waals surface area (Å²) < 4.78 is 4.97. The number of rotatable bonds is 3. The average molecular weight is 256 g/mol. The number of hydrogen-bond donors (Lipinski definition) is 2. The van der Waals surface area contributed by atoms with Gasteiger partial charge in [0.1, 0.15) is 6.33 Å².